The number of methoxy groups -OCH3 is 2. The first-order valence-electron chi connectivity index (χ1n) is 8.72. The number of likely N-dealkylation sites (N-methyl/N-ethyl adjacent to an activating group) is 1. The van der Waals surface area contributed by atoms with Gasteiger partial charge in [-0.15, -0.1) is 4.68 Å². The molecule has 3 aromatic rings. The van der Waals surface area contributed by atoms with Gasteiger partial charge in [-0.3, -0.25) is 0 Å². The maximum Gasteiger partial charge on any atom is 0.377 e. The van der Waals surface area contributed by atoms with Gasteiger partial charge in [0.25, 0.3) is 0 Å². The van der Waals surface area contributed by atoms with E-state index in [1.807, 2.05) is 12.1 Å². The van der Waals surface area contributed by atoms with Crippen LogP contribution >= 0.6 is 0 Å². The van der Waals surface area contributed by atoms with E-state index in [1.54, 1.807) is 27.3 Å². The van der Waals surface area contributed by atoms with E-state index in [-0.39, 0.29) is 5.69 Å². The standard InChI is InChI=1S/C19H20FN5O4/c1-23(10-9-13-7-8-16(28-2)17(11-13)29-3)18(26)25-19(27)24(21-22-25)15-6-4-5-14(20)12-15/h4-8,11-12H,9-10H2,1-3H3. The molecule has 0 aliphatic heterocycles. The molecular weight excluding hydrogens is 381 g/mol. The van der Waals surface area contributed by atoms with Gasteiger partial charge in [0.1, 0.15) is 5.82 Å². The highest BCUT2D eigenvalue weighted by atomic mass is 19.1. The van der Waals surface area contributed by atoms with Gasteiger partial charge < -0.3 is 14.4 Å². The van der Waals surface area contributed by atoms with Crippen LogP contribution in [-0.2, 0) is 6.42 Å². The molecular formula is C19H20FN5O4. The molecule has 0 radical (unpaired) electrons. The predicted octanol–water partition coefficient (Wildman–Crippen LogP) is 1.73. The van der Waals surface area contributed by atoms with Gasteiger partial charge in [0, 0.05) is 13.6 Å². The van der Waals surface area contributed by atoms with Crippen molar-refractivity contribution in [2.75, 3.05) is 27.8 Å². The molecule has 1 heterocycles. The summed E-state index contributed by atoms with van der Waals surface area (Å²) >= 11 is 0. The van der Waals surface area contributed by atoms with Gasteiger partial charge in [0.15, 0.2) is 11.5 Å². The van der Waals surface area contributed by atoms with Crippen LogP contribution < -0.4 is 15.2 Å². The first-order valence-corrected chi connectivity index (χ1v) is 8.72. The number of hydrogen-bond donors (Lipinski definition) is 0. The Morgan fingerprint density at radius 2 is 1.86 bits per heavy atom. The van der Waals surface area contributed by atoms with Crippen LogP contribution in [0.3, 0.4) is 0 Å². The molecule has 9 nitrogen and oxygen atoms in total. The summed E-state index contributed by atoms with van der Waals surface area (Å²) in [5, 5.41) is 7.28. The summed E-state index contributed by atoms with van der Waals surface area (Å²) in [6, 6.07) is 10.1. The molecule has 10 heteroatoms. The first-order chi connectivity index (χ1) is 13.9. The average Bonchev–Trinajstić information content (AvgIpc) is 3.12. The van der Waals surface area contributed by atoms with Crippen LogP contribution in [0.25, 0.3) is 5.69 Å². The van der Waals surface area contributed by atoms with Crippen molar-refractivity contribution in [2.24, 2.45) is 0 Å². The fourth-order valence-corrected chi connectivity index (χ4v) is 2.73. The van der Waals surface area contributed by atoms with Gasteiger partial charge in [-0.05, 0) is 52.7 Å². The van der Waals surface area contributed by atoms with Crippen LogP contribution in [0.2, 0.25) is 0 Å². The number of hydrogen-bond acceptors (Lipinski definition) is 6. The molecule has 0 aliphatic carbocycles. The van der Waals surface area contributed by atoms with Crippen LogP contribution in [0.5, 0.6) is 11.5 Å². The van der Waals surface area contributed by atoms with Gasteiger partial charge in [0.05, 0.1) is 19.9 Å². The third kappa shape index (κ3) is 4.26. The molecule has 0 N–H and O–H groups in total. The number of rotatable bonds is 6. The molecule has 0 saturated carbocycles. The Hall–Kier alpha value is -3.69. The van der Waals surface area contributed by atoms with E-state index >= 15 is 0 Å². The van der Waals surface area contributed by atoms with Crippen molar-refractivity contribution in [1.82, 2.24) is 24.7 Å². The summed E-state index contributed by atoms with van der Waals surface area (Å²) in [4.78, 5) is 26.4. The van der Waals surface area contributed by atoms with E-state index in [1.165, 1.54) is 23.1 Å². The van der Waals surface area contributed by atoms with Crippen LogP contribution in [0.1, 0.15) is 5.56 Å². The molecule has 0 spiro atoms. The van der Waals surface area contributed by atoms with Crippen LogP contribution in [-0.4, -0.2) is 58.5 Å². The van der Waals surface area contributed by atoms with Crippen molar-refractivity contribution < 1.29 is 18.7 Å². The maximum atomic E-state index is 13.4. The zero-order valence-corrected chi connectivity index (χ0v) is 16.2. The number of amides is 1. The zero-order chi connectivity index (χ0) is 21.0. The third-order valence-electron chi connectivity index (χ3n) is 4.33. The van der Waals surface area contributed by atoms with Crippen molar-refractivity contribution in [3.05, 3.63) is 64.3 Å². The lowest BCUT2D eigenvalue weighted by molar-refractivity contribution is 0.206. The second-order valence-electron chi connectivity index (χ2n) is 6.21. The van der Waals surface area contributed by atoms with Crippen LogP contribution in [0.4, 0.5) is 9.18 Å². The molecule has 152 valence electrons. The fourth-order valence-electron chi connectivity index (χ4n) is 2.73. The first kappa shape index (κ1) is 20.1. The lowest BCUT2D eigenvalue weighted by Gasteiger charge is -2.16. The number of carbonyl (C=O) groups excluding carboxylic acids is 1. The van der Waals surface area contributed by atoms with Gasteiger partial charge >= 0.3 is 11.7 Å². The number of halogens is 1. The Kier molecular flexibility index (Phi) is 5.91. The Morgan fingerprint density at radius 1 is 1.10 bits per heavy atom. The largest absolute Gasteiger partial charge is 0.493 e. The zero-order valence-electron chi connectivity index (χ0n) is 16.2. The van der Waals surface area contributed by atoms with Gasteiger partial charge in [-0.25, -0.2) is 14.0 Å². The minimum Gasteiger partial charge on any atom is -0.493 e. The van der Waals surface area contributed by atoms with Crippen molar-refractivity contribution >= 4 is 6.03 Å². The Balaban J connectivity index is 1.72. The highest BCUT2D eigenvalue weighted by Crippen LogP contribution is 2.27. The number of ether oxygens (including phenoxy) is 2. The molecule has 0 atom stereocenters. The molecule has 0 unspecified atom stereocenters. The Morgan fingerprint density at radius 3 is 2.55 bits per heavy atom. The molecule has 29 heavy (non-hydrogen) atoms. The summed E-state index contributed by atoms with van der Waals surface area (Å²) in [7, 11) is 4.65. The smallest absolute Gasteiger partial charge is 0.377 e. The van der Waals surface area contributed by atoms with E-state index in [2.05, 4.69) is 10.4 Å². The monoisotopic (exact) mass is 401 g/mol. The number of nitrogens with zero attached hydrogens (tertiary/aromatic N) is 5. The summed E-state index contributed by atoms with van der Waals surface area (Å²) in [6.45, 7) is 0.327. The third-order valence-corrected chi connectivity index (χ3v) is 4.33. The lowest BCUT2D eigenvalue weighted by atomic mass is 10.1. The number of aromatic nitrogens is 4. The fraction of sp³-hybridized carbons (Fsp3) is 0.263. The van der Waals surface area contributed by atoms with Gasteiger partial charge in [-0.1, -0.05) is 12.1 Å². The maximum absolute atomic E-state index is 13.4. The van der Waals surface area contributed by atoms with Crippen molar-refractivity contribution in [2.45, 2.75) is 6.42 Å². The summed E-state index contributed by atoms with van der Waals surface area (Å²) in [5.41, 5.74) is 0.332. The predicted molar refractivity (Wildman–Crippen MR) is 102 cm³/mol. The van der Waals surface area contributed by atoms with Crippen LogP contribution in [0, 0.1) is 5.82 Å². The van der Waals surface area contributed by atoms with E-state index in [4.69, 9.17) is 9.47 Å². The van der Waals surface area contributed by atoms with Crippen molar-refractivity contribution in [1.29, 1.82) is 0 Å². The molecule has 2 aromatic carbocycles. The topological polar surface area (TPSA) is 91.5 Å². The van der Waals surface area contributed by atoms with Gasteiger partial charge in [0.2, 0.25) is 0 Å². The summed E-state index contributed by atoms with van der Waals surface area (Å²) in [5.74, 6) is 0.678. The highest BCUT2D eigenvalue weighted by molar-refractivity contribution is 5.75. The highest BCUT2D eigenvalue weighted by Gasteiger charge is 2.19. The Labute approximate surface area is 165 Å². The molecule has 0 bridgehead atoms. The summed E-state index contributed by atoms with van der Waals surface area (Å²) < 4.78 is 25.4. The quantitative estimate of drug-likeness (QED) is 0.584. The minimum absolute atomic E-state index is 0.182. The second kappa shape index (κ2) is 8.55. The number of benzene rings is 2. The second-order valence-corrected chi connectivity index (χ2v) is 6.21. The molecule has 3 rings (SSSR count). The molecule has 0 fully saturated rings. The normalized spacial score (nSPS) is 10.6. The van der Waals surface area contributed by atoms with Crippen LogP contribution in [0.15, 0.2) is 47.3 Å². The average molecular weight is 401 g/mol. The Bertz CT molecular complexity index is 1080. The van der Waals surface area contributed by atoms with Crippen molar-refractivity contribution in [3.63, 3.8) is 0 Å². The lowest BCUT2D eigenvalue weighted by Crippen LogP contribution is -2.39. The SMILES string of the molecule is COc1ccc(CCN(C)C(=O)n2nnn(-c3cccc(F)c3)c2=O)cc1OC. The van der Waals surface area contributed by atoms with E-state index in [9.17, 15) is 14.0 Å². The van der Waals surface area contributed by atoms with E-state index in [0.29, 0.717) is 29.1 Å². The molecule has 1 aromatic heterocycles. The van der Waals surface area contributed by atoms with E-state index in [0.717, 1.165) is 16.3 Å². The minimum atomic E-state index is -0.779. The molecule has 0 aliphatic rings. The van der Waals surface area contributed by atoms with Gasteiger partial charge in [-0.2, -0.15) is 4.68 Å². The summed E-state index contributed by atoms with van der Waals surface area (Å²) in [6.07, 6.45) is 0.523. The van der Waals surface area contributed by atoms with Crippen molar-refractivity contribution in [3.8, 4) is 17.2 Å². The number of carbonyl (C=O) groups is 1. The molecule has 1 amide bonds. The van der Waals surface area contributed by atoms with E-state index < -0.39 is 17.5 Å². The molecule has 0 saturated heterocycles. The number of tetrazole rings is 1.